The van der Waals surface area contributed by atoms with E-state index in [0.717, 1.165) is 15.6 Å². The summed E-state index contributed by atoms with van der Waals surface area (Å²) in [7, 11) is 0. The molecule has 2 aromatic heterocycles. The van der Waals surface area contributed by atoms with Gasteiger partial charge < -0.3 is 5.32 Å². The highest BCUT2D eigenvalue weighted by Crippen LogP contribution is 2.28. The summed E-state index contributed by atoms with van der Waals surface area (Å²) < 4.78 is 0.977. The lowest BCUT2D eigenvalue weighted by Crippen LogP contribution is -2.04. The maximum atomic E-state index is 5.95. The number of aromatic amines is 1. The Hall–Kier alpha value is -2.84. The molecule has 2 aromatic carbocycles. The van der Waals surface area contributed by atoms with Crippen molar-refractivity contribution in [2.75, 3.05) is 5.32 Å². The Kier molecular flexibility index (Phi) is 4.59. The van der Waals surface area contributed by atoms with Crippen molar-refractivity contribution < 1.29 is 0 Å². The molecule has 0 radical (unpaired) electrons. The van der Waals surface area contributed by atoms with Crippen LogP contribution < -0.4 is 5.32 Å². The molecule has 0 aliphatic carbocycles. The molecule has 0 spiro atoms. The number of anilines is 2. The predicted octanol–water partition coefficient (Wildman–Crippen LogP) is 4.48. The molecule has 4 aromatic rings. The van der Waals surface area contributed by atoms with E-state index in [1.165, 1.54) is 6.33 Å². The van der Waals surface area contributed by atoms with Crippen LogP contribution in [-0.2, 0) is 0 Å². The normalized spacial score (nSPS) is 10.7. The minimum absolute atomic E-state index is 0.464. The second kappa shape index (κ2) is 7.19. The minimum Gasteiger partial charge on any atom is -0.307 e. The molecular weight excluding hydrogens is 418 g/mol. The molecule has 0 aliphatic rings. The summed E-state index contributed by atoms with van der Waals surface area (Å²) >= 11 is 9.38. The topological polar surface area (TPSA) is 92.3 Å². The molecule has 0 saturated heterocycles. The summed E-state index contributed by atoms with van der Waals surface area (Å²) in [5, 5.41) is 19.0. The van der Waals surface area contributed by atoms with E-state index in [-0.39, 0.29) is 0 Å². The highest BCUT2D eigenvalue weighted by molar-refractivity contribution is 9.10. The van der Waals surface area contributed by atoms with Crippen LogP contribution in [0.4, 0.5) is 11.8 Å². The Labute approximate surface area is 162 Å². The molecule has 0 saturated carbocycles. The highest BCUT2D eigenvalue weighted by atomic mass is 79.9. The van der Waals surface area contributed by atoms with Crippen LogP contribution in [0.1, 0.15) is 0 Å². The Bertz CT molecular complexity index is 1020. The van der Waals surface area contributed by atoms with Gasteiger partial charge in [0.25, 0.3) is 0 Å². The number of H-pyrrole nitrogens is 1. The van der Waals surface area contributed by atoms with Gasteiger partial charge >= 0.3 is 0 Å². The van der Waals surface area contributed by atoms with Crippen LogP contribution in [-0.4, -0.2) is 30.4 Å². The monoisotopic (exact) mass is 427 g/mol. The van der Waals surface area contributed by atoms with Crippen LogP contribution in [0.3, 0.4) is 0 Å². The Balaban J connectivity index is 1.80. The van der Waals surface area contributed by atoms with E-state index in [4.69, 9.17) is 11.6 Å². The molecular formula is C17H11BrClN7. The number of aromatic nitrogens is 6. The van der Waals surface area contributed by atoms with Crippen molar-refractivity contribution in [3.8, 4) is 22.6 Å². The molecule has 0 unspecified atom stereocenters. The lowest BCUT2D eigenvalue weighted by atomic mass is 10.1. The summed E-state index contributed by atoms with van der Waals surface area (Å²) in [4.78, 5) is 8.70. The SMILES string of the molecule is Clc1ccc(-c2nnc(-c3ccc(Br)cc3)c(Nc3ncn[nH]3)n2)cc1. The first-order valence-electron chi connectivity index (χ1n) is 7.58. The van der Waals surface area contributed by atoms with Crippen LogP contribution >= 0.6 is 27.5 Å². The first-order chi connectivity index (χ1) is 12.7. The molecule has 0 amide bonds. The van der Waals surface area contributed by atoms with Gasteiger partial charge in [-0.2, -0.15) is 10.1 Å². The van der Waals surface area contributed by atoms with Crippen molar-refractivity contribution in [3.63, 3.8) is 0 Å². The lowest BCUT2D eigenvalue weighted by molar-refractivity contribution is 0.986. The van der Waals surface area contributed by atoms with Gasteiger partial charge in [0.1, 0.15) is 12.0 Å². The third-order valence-electron chi connectivity index (χ3n) is 3.56. The first-order valence-corrected chi connectivity index (χ1v) is 8.75. The maximum absolute atomic E-state index is 5.95. The third kappa shape index (κ3) is 3.56. The van der Waals surface area contributed by atoms with Crippen LogP contribution in [0.25, 0.3) is 22.6 Å². The van der Waals surface area contributed by atoms with Crippen molar-refractivity contribution in [2.24, 2.45) is 0 Å². The fourth-order valence-electron chi connectivity index (χ4n) is 2.31. The quantitative estimate of drug-likeness (QED) is 0.498. The number of benzene rings is 2. The fourth-order valence-corrected chi connectivity index (χ4v) is 2.70. The average Bonchev–Trinajstić information content (AvgIpc) is 3.16. The zero-order valence-corrected chi connectivity index (χ0v) is 15.5. The van der Waals surface area contributed by atoms with E-state index >= 15 is 0 Å². The van der Waals surface area contributed by atoms with E-state index in [9.17, 15) is 0 Å². The van der Waals surface area contributed by atoms with Gasteiger partial charge in [-0.25, -0.2) is 10.1 Å². The Morgan fingerprint density at radius 2 is 1.65 bits per heavy atom. The van der Waals surface area contributed by atoms with Crippen molar-refractivity contribution >= 4 is 39.3 Å². The second-order valence-corrected chi connectivity index (χ2v) is 6.66. The zero-order valence-electron chi connectivity index (χ0n) is 13.2. The summed E-state index contributed by atoms with van der Waals surface area (Å²) in [6, 6.07) is 15.0. The van der Waals surface area contributed by atoms with Crippen molar-refractivity contribution in [2.45, 2.75) is 0 Å². The number of nitrogens with one attached hydrogen (secondary N) is 2. The molecule has 0 bridgehead atoms. The van der Waals surface area contributed by atoms with Crippen LogP contribution in [0.2, 0.25) is 5.02 Å². The van der Waals surface area contributed by atoms with Gasteiger partial charge in [0.15, 0.2) is 11.6 Å². The minimum atomic E-state index is 0.464. The number of halogens is 2. The molecule has 0 atom stereocenters. The summed E-state index contributed by atoms with van der Waals surface area (Å²) in [5.74, 6) is 1.46. The number of rotatable bonds is 4. The van der Waals surface area contributed by atoms with E-state index in [1.807, 2.05) is 36.4 Å². The zero-order chi connectivity index (χ0) is 17.9. The van der Waals surface area contributed by atoms with E-state index in [1.54, 1.807) is 12.1 Å². The largest absolute Gasteiger partial charge is 0.307 e. The number of hydrogen-bond acceptors (Lipinski definition) is 6. The molecule has 7 nitrogen and oxygen atoms in total. The molecule has 4 rings (SSSR count). The first kappa shape index (κ1) is 16.6. The fraction of sp³-hybridized carbons (Fsp3) is 0. The van der Waals surface area contributed by atoms with E-state index in [2.05, 4.69) is 51.6 Å². The Morgan fingerprint density at radius 3 is 2.35 bits per heavy atom. The van der Waals surface area contributed by atoms with Gasteiger partial charge in [-0.3, -0.25) is 0 Å². The van der Waals surface area contributed by atoms with Crippen LogP contribution in [0, 0.1) is 0 Å². The highest BCUT2D eigenvalue weighted by Gasteiger charge is 2.14. The molecule has 0 aliphatic heterocycles. The van der Waals surface area contributed by atoms with E-state index < -0.39 is 0 Å². The summed E-state index contributed by atoms with van der Waals surface area (Å²) in [6.07, 6.45) is 1.41. The second-order valence-electron chi connectivity index (χ2n) is 5.31. The third-order valence-corrected chi connectivity index (χ3v) is 4.34. The van der Waals surface area contributed by atoms with E-state index in [0.29, 0.717) is 28.3 Å². The van der Waals surface area contributed by atoms with Gasteiger partial charge in [-0.15, -0.1) is 10.2 Å². The van der Waals surface area contributed by atoms with Crippen LogP contribution in [0.15, 0.2) is 59.3 Å². The average molecular weight is 429 g/mol. The van der Waals surface area contributed by atoms with Crippen molar-refractivity contribution in [1.82, 2.24) is 30.4 Å². The molecule has 128 valence electrons. The summed E-state index contributed by atoms with van der Waals surface area (Å²) in [5.41, 5.74) is 2.29. The molecule has 26 heavy (non-hydrogen) atoms. The van der Waals surface area contributed by atoms with Gasteiger partial charge in [-0.05, 0) is 36.4 Å². The van der Waals surface area contributed by atoms with Crippen molar-refractivity contribution in [1.29, 1.82) is 0 Å². The summed E-state index contributed by atoms with van der Waals surface area (Å²) in [6.45, 7) is 0. The van der Waals surface area contributed by atoms with Crippen molar-refractivity contribution in [3.05, 3.63) is 64.4 Å². The molecule has 2 heterocycles. The lowest BCUT2D eigenvalue weighted by Gasteiger charge is -2.10. The smallest absolute Gasteiger partial charge is 0.224 e. The maximum Gasteiger partial charge on any atom is 0.224 e. The standard InChI is InChI=1S/C17H11BrClN7/c18-12-5-1-10(2-6-12)14-16(23-17-20-9-21-26-17)22-15(25-24-14)11-3-7-13(19)8-4-11/h1-9H,(H2,20,21,22,23,25,26). The molecule has 2 N–H and O–H groups in total. The molecule has 0 fully saturated rings. The predicted molar refractivity (Wildman–Crippen MR) is 103 cm³/mol. The van der Waals surface area contributed by atoms with Crippen LogP contribution in [0.5, 0.6) is 0 Å². The van der Waals surface area contributed by atoms with Gasteiger partial charge in [-0.1, -0.05) is 39.7 Å². The van der Waals surface area contributed by atoms with Gasteiger partial charge in [0.05, 0.1) is 0 Å². The Morgan fingerprint density at radius 1 is 0.923 bits per heavy atom. The van der Waals surface area contributed by atoms with Gasteiger partial charge in [0.2, 0.25) is 5.95 Å². The number of nitrogens with zero attached hydrogens (tertiary/aromatic N) is 5. The number of hydrogen-bond donors (Lipinski definition) is 2. The molecule has 9 heteroatoms. The van der Waals surface area contributed by atoms with Gasteiger partial charge in [0, 0.05) is 20.6 Å².